The topological polar surface area (TPSA) is 0 Å². The molecule has 0 radical (unpaired) electrons. The maximum absolute atomic E-state index is 2.35. The highest BCUT2D eigenvalue weighted by molar-refractivity contribution is 5.90. The Hall–Kier alpha value is -7.28. The van der Waals surface area contributed by atoms with Crippen molar-refractivity contribution in [3.63, 3.8) is 0 Å². The van der Waals surface area contributed by atoms with E-state index in [1.54, 1.807) is 11.1 Å². The second kappa shape index (κ2) is 45.9. The highest BCUT2D eigenvalue weighted by Gasteiger charge is 2.11. The summed E-state index contributed by atoms with van der Waals surface area (Å²) in [6.07, 6.45) is 18.3. The van der Waals surface area contributed by atoms with Crippen molar-refractivity contribution in [2.75, 3.05) is 0 Å². The third-order valence-corrected chi connectivity index (χ3v) is 22.4. The number of rotatable bonds is 16. The van der Waals surface area contributed by atoms with Crippen molar-refractivity contribution in [1.29, 1.82) is 0 Å². The lowest BCUT2D eigenvalue weighted by molar-refractivity contribution is 1.00. The molecule has 10 rings (SSSR count). The molecule has 0 aliphatic heterocycles. The second-order valence-electron chi connectivity index (χ2n) is 29.6. The molecule has 564 valence electrons. The molecule has 10 aromatic carbocycles. The zero-order valence-electron chi connectivity index (χ0n) is 72.9. The molecule has 0 heteroatoms. The van der Waals surface area contributed by atoms with Gasteiger partial charge in [0.2, 0.25) is 0 Å². The van der Waals surface area contributed by atoms with Gasteiger partial charge < -0.3 is 0 Å². The Balaban J connectivity index is 0.000000310. The molecule has 0 amide bonds. The van der Waals surface area contributed by atoms with E-state index >= 15 is 0 Å². The van der Waals surface area contributed by atoms with Gasteiger partial charge in [-0.1, -0.05) is 238 Å². The average molecular weight is 1400 g/mol. The molecule has 0 spiro atoms. The highest BCUT2D eigenvalue weighted by Crippen LogP contribution is 2.30. The molecule has 104 heavy (non-hydrogen) atoms. The van der Waals surface area contributed by atoms with Gasteiger partial charge in [0.05, 0.1) is 0 Å². The number of aryl methyl sites for hydroxylation is 27. The van der Waals surface area contributed by atoms with Crippen LogP contribution < -0.4 is 0 Å². The fourth-order valence-corrected chi connectivity index (χ4v) is 15.3. The first-order valence-electron chi connectivity index (χ1n) is 41.0. The van der Waals surface area contributed by atoms with Crippen LogP contribution in [-0.2, 0) is 103 Å². The quantitative estimate of drug-likeness (QED) is 0.0904. The van der Waals surface area contributed by atoms with Crippen molar-refractivity contribution in [1.82, 2.24) is 0 Å². The SMILES string of the molecule is CCc1c(C)ccc(C)c1CC.CCc1cc(C)c(C)cc1CC.CCc1cc(C)c(CC)c(C)c1.CCc1cc(C)c(CC)cc1C.CCc1cc(C)c2cc(CC)cc(C)c2c1.CCc1cc(C)cc(CC)c1C.CCc1cc(CC)c(C)cc1C.CCc1ccc2cc(CC)c(C)c(C)c2c1. The predicted octanol–water partition coefficient (Wildman–Crippen LogP) is 29.7. The van der Waals surface area contributed by atoms with Gasteiger partial charge in [0.15, 0.2) is 0 Å². The van der Waals surface area contributed by atoms with Crippen LogP contribution in [0.15, 0.2) is 121 Å². The van der Waals surface area contributed by atoms with E-state index < -0.39 is 0 Å². The molecule has 0 bridgehead atoms. The molecule has 0 heterocycles. The van der Waals surface area contributed by atoms with Crippen LogP contribution in [0.5, 0.6) is 0 Å². The minimum atomic E-state index is 1.12. The Morgan fingerprint density at radius 3 is 0.817 bits per heavy atom. The molecule has 0 aliphatic carbocycles. The van der Waals surface area contributed by atoms with Gasteiger partial charge in [-0.25, -0.2) is 0 Å². The van der Waals surface area contributed by atoms with E-state index in [-0.39, 0.29) is 0 Å². The average Bonchev–Trinajstić information content (AvgIpc) is 0.793. The zero-order chi connectivity index (χ0) is 78.2. The molecule has 0 aliphatic rings. The largest absolute Gasteiger partial charge is 0.0613 e. The van der Waals surface area contributed by atoms with Gasteiger partial charge in [-0.05, 0) is 408 Å². The Labute approximate surface area is 641 Å². The van der Waals surface area contributed by atoms with Gasteiger partial charge in [0.25, 0.3) is 0 Å². The minimum absolute atomic E-state index is 1.12. The Morgan fingerprint density at radius 1 is 0.163 bits per heavy atom. The maximum Gasteiger partial charge on any atom is -0.0149 e. The standard InChI is InChI=1S/2C16H20.6C12H18/c1-5-13-7-11(3)16-10-14(6-2)8-12(4)15(16)9-13;1-5-13-7-8-15-10-14(6-2)11(3)12(4)16(15)9-13;1-5-11-7-10(4)12(6-2)8-9(11)3;1-5-11-7-9(3)12(6-2)10(4)8-11;1-5-11-7-9(3)10(4)8-12(11)6-2;1-5-11-8-12(6-2)10(4)7-9(11)3;1-5-11-7-9(3)8-12(6-2)10(11)4;1-5-11-9(3)7-8-10(4)12(11)6-2/h2*7-10H,5-6H2,1-4H3;6*7-8H,5-6H2,1-4H3. The normalized spacial score (nSPS) is 10.5. The van der Waals surface area contributed by atoms with Crippen LogP contribution in [0, 0.1) is 111 Å². The lowest BCUT2D eigenvalue weighted by Gasteiger charge is -2.12. The summed E-state index contributed by atoms with van der Waals surface area (Å²) < 4.78 is 0. The van der Waals surface area contributed by atoms with Crippen molar-refractivity contribution >= 4 is 21.5 Å². The van der Waals surface area contributed by atoms with Crippen LogP contribution in [0.1, 0.15) is 289 Å². The van der Waals surface area contributed by atoms with E-state index in [0.717, 1.165) is 103 Å². The van der Waals surface area contributed by atoms with Crippen LogP contribution in [-0.4, -0.2) is 0 Å². The van der Waals surface area contributed by atoms with Crippen molar-refractivity contribution in [2.45, 2.75) is 324 Å². The first-order chi connectivity index (χ1) is 49.4. The third kappa shape index (κ3) is 26.0. The molecule has 0 unspecified atom stereocenters. The lowest BCUT2D eigenvalue weighted by atomic mass is 9.93. The van der Waals surface area contributed by atoms with Gasteiger partial charge >= 0.3 is 0 Å². The van der Waals surface area contributed by atoms with E-state index in [9.17, 15) is 0 Å². The van der Waals surface area contributed by atoms with Crippen molar-refractivity contribution in [3.05, 3.63) is 299 Å². The smallest absolute Gasteiger partial charge is 0.0149 e. The molecule has 0 nitrogen and oxygen atoms in total. The third-order valence-electron chi connectivity index (χ3n) is 22.4. The van der Waals surface area contributed by atoms with Crippen molar-refractivity contribution in [3.8, 4) is 0 Å². The molecule has 0 saturated carbocycles. The van der Waals surface area contributed by atoms with E-state index in [2.05, 4.69) is 343 Å². The molecule has 0 saturated heterocycles. The summed E-state index contributed by atoms with van der Waals surface area (Å²) in [5, 5.41) is 5.66. The molecule has 0 atom stereocenters. The fraction of sp³-hybridized carbons (Fsp3) is 0.462. The highest BCUT2D eigenvalue weighted by atomic mass is 14.2. The molecule has 0 aromatic heterocycles. The number of hydrogen-bond acceptors (Lipinski definition) is 0. The first kappa shape index (κ1) is 90.9. The Morgan fingerprint density at radius 2 is 0.471 bits per heavy atom. The van der Waals surface area contributed by atoms with E-state index in [1.807, 2.05) is 0 Å². The van der Waals surface area contributed by atoms with E-state index in [1.165, 1.54) is 188 Å². The van der Waals surface area contributed by atoms with Gasteiger partial charge in [-0.3, -0.25) is 0 Å². The number of hydrogen-bond donors (Lipinski definition) is 0. The molecule has 0 N–H and O–H groups in total. The predicted molar refractivity (Wildman–Crippen MR) is 472 cm³/mol. The van der Waals surface area contributed by atoms with Gasteiger partial charge in [-0.15, -0.1) is 0 Å². The summed E-state index contributed by atoms with van der Waals surface area (Å²) in [7, 11) is 0. The summed E-state index contributed by atoms with van der Waals surface area (Å²) in [6, 6.07) is 46.2. The Kier molecular flexibility index (Phi) is 40.2. The van der Waals surface area contributed by atoms with Crippen molar-refractivity contribution < 1.29 is 0 Å². The van der Waals surface area contributed by atoms with Crippen LogP contribution in [0.25, 0.3) is 21.5 Å². The summed E-state index contributed by atoms with van der Waals surface area (Å²) in [5.41, 5.74) is 46.9. The maximum atomic E-state index is 2.35. The van der Waals surface area contributed by atoms with Crippen LogP contribution >= 0.6 is 0 Å². The molecular weight excluding hydrogens is 1250 g/mol. The number of fused-ring (bicyclic) bond motifs is 2. The first-order valence-corrected chi connectivity index (χ1v) is 41.0. The summed E-state index contributed by atoms with van der Waals surface area (Å²) in [6.45, 7) is 70.9. The zero-order valence-corrected chi connectivity index (χ0v) is 72.9. The second-order valence-corrected chi connectivity index (χ2v) is 29.6. The summed E-state index contributed by atoms with van der Waals surface area (Å²) >= 11 is 0. The monoisotopic (exact) mass is 1400 g/mol. The summed E-state index contributed by atoms with van der Waals surface area (Å²) in [4.78, 5) is 0. The summed E-state index contributed by atoms with van der Waals surface area (Å²) in [5.74, 6) is 0. The number of benzene rings is 10. The minimum Gasteiger partial charge on any atom is -0.0613 e. The van der Waals surface area contributed by atoms with E-state index in [4.69, 9.17) is 0 Å². The molecular formula is C104H148. The van der Waals surface area contributed by atoms with Gasteiger partial charge in [0, 0.05) is 0 Å². The van der Waals surface area contributed by atoms with Crippen LogP contribution in [0.3, 0.4) is 0 Å². The Bertz CT molecular complexity index is 4100. The fourth-order valence-electron chi connectivity index (χ4n) is 15.3. The van der Waals surface area contributed by atoms with Crippen molar-refractivity contribution in [2.24, 2.45) is 0 Å². The van der Waals surface area contributed by atoms with Gasteiger partial charge in [-0.2, -0.15) is 0 Å². The lowest BCUT2D eigenvalue weighted by Crippen LogP contribution is -1.97. The van der Waals surface area contributed by atoms with Crippen LogP contribution in [0.2, 0.25) is 0 Å². The van der Waals surface area contributed by atoms with Gasteiger partial charge in [0.1, 0.15) is 0 Å². The van der Waals surface area contributed by atoms with E-state index in [0.29, 0.717) is 0 Å². The molecule has 10 aromatic rings. The molecule has 0 fully saturated rings. The van der Waals surface area contributed by atoms with Crippen LogP contribution in [0.4, 0.5) is 0 Å².